The SMILES string of the molecule is O=c1c(-c2ccc(Cl)cc2)coc2c3c(ccc12)OCN(Cc1ccncc1)C3. The van der Waals surface area contributed by atoms with Gasteiger partial charge in [-0.1, -0.05) is 23.7 Å². The van der Waals surface area contributed by atoms with Gasteiger partial charge < -0.3 is 9.15 Å². The van der Waals surface area contributed by atoms with Crippen molar-refractivity contribution in [2.75, 3.05) is 6.73 Å². The van der Waals surface area contributed by atoms with Gasteiger partial charge in [0.05, 0.1) is 16.5 Å². The first kappa shape index (κ1) is 17.9. The predicted octanol–water partition coefficient (Wildman–Crippen LogP) is 4.86. The Morgan fingerprint density at radius 1 is 1.03 bits per heavy atom. The Hall–Kier alpha value is -3.15. The number of hydrogen-bond acceptors (Lipinski definition) is 5. The highest BCUT2D eigenvalue weighted by Crippen LogP contribution is 2.33. The third kappa shape index (κ3) is 3.39. The molecule has 0 atom stereocenters. The van der Waals surface area contributed by atoms with Crippen LogP contribution >= 0.6 is 11.6 Å². The maximum atomic E-state index is 13.1. The molecule has 0 radical (unpaired) electrons. The van der Waals surface area contributed by atoms with E-state index in [1.165, 1.54) is 6.26 Å². The first-order valence-electron chi connectivity index (χ1n) is 9.26. The minimum Gasteiger partial charge on any atom is -0.478 e. The lowest BCUT2D eigenvalue weighted by Crippen LogP contribution is -2.31. The summed E-state index contributed by atoms with van der Waals surface area (Å²) < 4.78 is 11.9. The van der Waals surface area contributed by atoms with Crippen molar-refractivity contribution in [3.05, 3.63) is 93.6 Å². The van der Waals surface area contributed by atoms with Crippen LogP contribution < -0.4 is 10.2 Å². The largest absolute Gasteiger partial charge is 0.478 e. The van der Waals surface area contributed by atoms with Gasteiger partial charge in [0.1, 0.15) is 24.3 Å². The van der Waals surface area contributed by atoms with E-state index in [9.17, 15) is 4.79 Å². The number of benzene rings is 2. The van der Waals surface area contributed by atoms with Gasteiger partial charge in [-0.2, -0.15) is 0 Å². The van der Waals surface area contributed by atoms with Gasteiger partial charge in [0.15, 0.2) is 0 Å². The Kier molecular flexibility index (Phi) is 4.54. The zero-order valence-corrected chi connectivity index (χ0v) is 16.2. The molecule has 0 aliphatic carbocycles. The van der Waals surface area contributed by atoms with E-state index >= 15 is 0 Å². The standard InChI is InChI=1S/C23H17ClN2O3/c24-17-3-1-16(2-4-17)20-13-28-23-18(22(20)27)5-6-21-19(23)12-26(14-29-21)11-15-7-9-25-10-8-15/h1-10,13H,11-12,14H2. The second-order valence-corrected chi connectivity index (χ2v) is 7.46. The number of pyridine rings is 1. The molecule has 6 heteroatoms. The topological polar surface area (TPSA) is 55.6 Å². The summed E-state index contributed by atoms with van der Waals surface area (Å²) in [6.07, 6.45) is 5.08. The zero-order valence-electron chi connectivity index (χ0n) is 15.5. The second kappa shape index (κ2) is 7.35. The average molecular weight is 405 g/mol. The van der Waals surface area contributed by atoms with Crippen molar-refractivity contribution < 1.29 is 9.15 Å². The molecule has 1 aliphatic heterocycles. The lowest BCUT2D eigenvalue weighted by Gasteiger charge is -2.29. The van der Waals surface area contributed by atoms with Crippen molar-refractivity contribution in [3.63, 3.8) is 0 Å². The highest BCUT2D eigenvalue weighted by atomic mass is 35.5. The lowest BCUT2D eigenvalue weighted by atomic mass is 10.0. The van der Waals surface area contributed by atoms with E-state index in [0.717, 1.165) is 29.0 Å². The average Bonchev–Trinajstić information content (AvgIpc) is 2.75. The number of hydrogen-bond donors (Lipinski definition) is 0. The number of aromatic nitrogens is 1. The van der Waals surface area contributed by atoms with E-state index in [4.69, 9.17) is 20.8 Å². The van der Waals surface area contributed by atoms with Crippen molar-refractivity contribution in [3.8, 4) is 16.9 Å². The molecule has 2 aromatic carbocycles. The molecule has 0 N–H and O–H groups in total. The summed E-state index contributed by atoms with van der Waals surface area (Å²) in [5.41, 5.74) is 3.84. The number of ether oxygens (including phenoxy) is 1. The predicted molar refractivity (Wildman–Crippen MR) is 112 cm³/mol. The molecule has 5 nitrogen and oxygen atoms in total. The quantitative estimate of drug-likeness (QED) is 0.488. The lowest BCUT2D eigenvalue weighted by molar-refractivity contribution is 0.0890. The van der Waals surface area contributed by atoms with Gasteiger partial charge >= 0.3 is 0 Å². The summed E-state index contributed by atoms with van der Waals surface area (Å²) in [6.45, 7) is 1.84. The molecule has 0 spiro atoms. The zero-order chi connectivity index (χ0) is 19.8. The highest BCUT2D eigenvalue weighted by Gasteiger charge is 2.23. The van der Waals surface area contributed by atoms with E-state index in [1.807, 2.05) is 30.3 Å². The van der Waals surface area contributed by atoms with Gasteiger partial charge in [0.2, 0.25) is 5.43 Å². The number of fused-ring (bicyclic) bond motifs is 3. The first-order chi connectivity index (χ1) is 14.2. The van der Waals surface area contributed by atoms with Crippen LogP contribution in [-0.4, -0.2) is 16.6 Å². The molecule has 0 unspecified atom stereocenters. The Morgan fingerprint density at radius 3 is 2.62 bits per heavy atom. The third-order valence-corrected chi connectivity index (χ3v) is 5.35. The highest BCUT2D eigenvalue weighted by molar-refractivity contribution is 6.30. The smallest absolute Gasteiger partial charge is 0.200 e. The van der Waals surface area contributed by atoms with Gasteiger partial charge in [-0.3, -0.25) is 14.7 Å². The molecule has 0 saturated heterocycles. The van der Waals surface area contributed by atoms with Gasteiger partial charge in [0.25, 0.3) is 0 Å². The third-order valence-electron chi connectivity index (χ3n) is 5.10. The van der Waals surface area contributed by atoms with E-state index in [0.29, 0.717) is 34.8 Å². The van der Waals surface area contributed by atoms with E-state index in [2.05, 4.69) is 9.88 Å². The fraction of sp³-hybridized carbons (Fsp3) is 0.130. The summed E-state index contributed by atoms with van der Waals surface area (Å²) >= 11 is 5.96. The van der Waals surface area contributed by atoms with Crippen LogP contribution in [0.4, 0.5) is 0 Å². The molecule has 2 aromatic heterocycles. The number of halogens is 1. The Labute approximate surface area is 172 Å². The van der Waals surface area contributed by atoms with E-state index in [1.54, 1.807) is 30.6 Å². The van der Waals surface area contributed by atoms with Crippen LogP contribution in [0.5, 0.6) is 5.75 Å². The van der Waals surface area contributed by atoms with Crippen LogP contribution in [0.25, 0.3) is 22.1 Å². The number of nitrogens with zero attached hydrogens (tertiary/aromatic N) is 2. The summed E-state index contributed by atoms with van der Waals surface area (Å²) in [5.74, 6) is 0.755. The van der Waals surface area contributed by atoms with Crippen molar-refractivity contribution in [1.29, 1.82) is 0 Å². The van der Waals surface area contributed by atoms with Crippen molar-refractivity contribution in [2.45, 2.75) is 13.1 Å². The molecule has 0 amide bonds. The molecule has 0 fully saturated rings. The van der Waals surface area contributed by atoms with Crippen LogP contribution in [0.2, 0.25) is 5.02 Å². The van der Waals surface area contributed by atoms with Crippen molar-refractivity contribution >= 4 is 22.6 Å². The van der Waals surface area contributed by atoms with Crippen molar-refractivity contribution in [1.82, 2.24) is 9.88 Å². The summed E-state index contributed by atoms with van der Waals surface area (Å²) in [4.78, 5) is 19.3. The van der Waals surface area contributed by atoms with E-state index in [-0.39, 0.29) is 5.43 Å². The summed E-state index contributed by atoms with van der Waals surface area (Å²) in [5, 5.41) is 1.17. The fourth-order valence-electron chi connectivity index (χ4n) is 3.63. The Bertz CT molecular complexity index is 1240. The summed E-state index contributed by atoms with van der Waals surface area (Å²) in [7, 11) is 0. The first-order valence-corrected chi connectivity index (χ1v) is 9.64. The maximum absolute atomic E-state index is 13.1. The van der Waals surface area contributed by atoms with Gasteiger partial charge in [-0.25, -0.2) is 0 Å². The molecule has 29 heavy (non-hydrogen) atoms. The van der Waals surface area contributed by atoms with E-state index < -0.39 is 0 Å². The minimum absolute atomic E-state index is 0.0670. The molecule has 144 valence electrons. The molecule has 0 bridgehead atoms. The molecule has 0 saturated carbocycles. The molecular formula is C23H17ClN2O3. The minimum atomic E-state index is -0.0670. The van der Waals surface area contributed by atoms with Gasteiger partial charge in [-0.15, -0.1) is 0 Å². The normalized spacial score (nSPS) is 13.8. The Morgan fingerprint density at radius 2 is 1.83 bits per heavy atom. The monoisotopic (exact) mass is 404 g/mol. The van der Waals surface area contributed by atoms with Crippen LogP contribution in [0.15, 0.2) is 76.4 Å². The molecule has 1 aliphatic rings. The molecule has 3 heterocycles. The van der Waals surface area contributed by atoms with Gasteiger partial charge in [0, 0.05) is 30.5 Å². The Balaban J connectivity index is 1.53. The second-order valence-electron chi connectivity index (χ2n) is 7.02. The molecule has 5 rings (SSSR count). The fourth-order valence-corrected chi connectivity index (χ4v) is 3.76. The van der Waals surface area contributed by atoms with Crippen LogP contribution in [-0.2, 0) is 13.1 Å². The van der Waals surface area contributed by atoms with Crippen molar-refractivity contribution in [2.24, 2.45) is 0 Å². The van der Waals surface area contributed by atoms with Crippen LogP contribution in [0, 0.1) is 0 Å². The number of rotatable bonds is 3. The maximum Gasteiger partial charge on any atom is 0.200 e. The molecular weight excluding hydrogens is 388 g/mol. The molecule has 4 aromatic rings. The van der Waals surface area contributed by atoms with Crippen LogP contribution in [0.1, 0.15) is 11.1 Å². The van der Waals surface area contributed by atoms with Crippen LogP contribution in [0.3, 0.4) is 0 Å². The summed E-state index contributed by atoms with van der Waals surface area (Å²) in [6, 6.07) is 14.8. The van der Waals surface area contributed by atoms with Gasteiger partial charge in [-0.05, 0) is 47.5 Å².